The number of methoxy groups -OCH3 is 1. The van der Waals surface area contributed by atoms with Crippen LogP contribution in [0.15, 0.2) is 77.1 Å². The molecule has 3 aliphatic rings. The van der Waals surface area contributed by atoms with Gasteiger partial charge in [-0.05, 0) is 68.2 Å². The highest BCUT2D eigenvalue weighted by Gasteiger charge is 2.41. The average Bonchev–Trinajstić information content (AvgIpc) is 3.36. The van der Waals surface area contributed by atoms with E-state index < -0.39 is 5.92 Å². The van der Waals surface area contributed by atoms with Gasteiger partial charge in [0.05, 0.1) is 12.7 Å². The molecule has 5 heteroatoms. The fraction of sp³-hybridized carbons (Fsp3) is 0.379. The summed E-state index contributed by atoms with van der Waals surface area (Å²) in [5.74, 6) is 0.260. The molecular formula is C29H31NO4. The first-order valence-electron chi connectivity index (χ1n) is 12.2. The molecule has 176 valence electrons. The van der Waals surface area contributed by atoms with E-state index in [1.165, 1.54) is 0 Å². The maximum Gasteiger partial charge on any atom is 0.337 e. The quantitative estimate of drug-likeness (QED) is 0.597. The minimum atomic E-state index is -0.407. The van der Waals surface area contributed by atoms with Crippen LogP contribution in [0.5, 0.6) is 5.75 Å². The summed E-state index contributed by atoms with van der Waals surface area (Å²) < 4.78 is 11.2. The second-order valence-electron chi connectivity index (χ2n) is 9.51. The molecule has 0 unspecified atom stereocenters. The van der Waals surface area contributed by atoms with Crippen LogP contribution >= 0.6 is 0 Å². The zero-order chi connectivity index (χ0) is 23.7. The Morgan fingerprint density at radius 3 is 2.32 bits per heavy atom. The zero-order valence-electron chi connectivity index (χ0n) is 19.8. The van der Waals surface area contributed by atoms with Gasteiger partial charge >= 0.3 is 5.97 Å². The molecule has 0 spiro atoms. The maximum atomic E-state index is 13.6. The first-order chi connectivity index (χ1) is 16.5. The van der Waals surface area contributed by atoms with E-state index in [4.69, 9.17) is 9.47 Å². The topological polar surface area (TPSA) is 64.6 Å². The van der Waals surface area contributed by atoms with E-state index in [9.17, 15) is 9.59 Å². The van der Waals surface area contributed by atoms with Crippen molar-refractivity contribution in [2.45, 2.75) is 63.4 Å². The predicted molar refractivity (Wildman–Crippen MR) is 130 cm³/mol. The van der Waals surface area contributed by atoms with Gasteiger partial charge in [0, 0.05) is 29.3 Å². The minimum Gasteiger partial charge on any atom is -0.497 e. The van der Waals surface area contributed by atoms with Crippen LogP contribution in [0.1, 0.15) is 68.4 Å². The van der Waals surface area contributed by atoms with Crippen LogP contribution in [0.3, 0.4) is 0 Å². The molecule has 1 fully saturated rings. The number of rotatable bonds is 5. The summed E-state index contributed by atoms with van der Waals surface area (Å²) in [6, 6.07) is 17.8. The van der Waals surface area contributed by atoms with Crippen molar-refractivity contribution in [2.75, 3.05) is 7.11 Å². The Morgan fingerprint density at radius 1 is 0.941 bits per heavy atom. The Balaban J connectivity index is 1.50. The molecule has 2 aromatic carbocycles. The lowest BCUT2D eigenvalue weighted by molar-refractivity contribution is -0.144. The maximum absolute atomic E-state index is 13.6. The molecule has 2 atom stereocenters. The van der Waals surface area contributed by atoms with Crippen LogP contribution in [-0.4, -0.2) is 25.0 Å². The Hall–Kier alpha value is -3.34. The Morgan fingerprint density at radius 2 is 1.65 bits per heavy atom. The summed E-state index contributed by atoms with van der Waals surface area (Å²) in [5.41, 5.74) is 5.03. The van der Waals surface area contributed by atoms with Crippen molar-refractivity contribution in [3.63, 3.8) is 0 Å². The molecule has 0 radical (unpaired) electrons. The van der Waals surface area contributed by atoms with Gasteiger partial charge in [-0.2, -0.15) is 0 Å². The molecule has 34 heavy (non-hydrogen) atoms. The van der Waals surface area contributed by atoms with E-state index >= 15 is 0 Å². The molecule has 5 nitrogen and oxygen atoms in total. The third kappa shape index (κ3) is 4.27. The largest absolute Gasteiger partial charge is 0.497 e. The SMILES string of the molecule is COc1ccc([C@@H]2CC(=O)C3=C(C2)NC(C)=C(C(=O)OC2CCCC2)[C@@H]3c2ccccc2)cc1. The summed E-state index contributed by atoms with van der Waals surface area (Å²) in [5, 5.41) is 3.44. The number of ether oxygens (including phenoxy) is 2. The van der Waals surface area contributed by atoms with E-state index in [1.54, 1.807) is 7.11 Å². The van der Waals surface area contributed by atoms with Crippen molar-refractivity contribution in [1.82, 2.24) is 5.32 Å². The van der Waals surface area contributed by atoms with Gasteiger partial charge in [0.2, 0.25) is 0 Å². The van der Waals surface area contributed by atoms with Gasteiger partial charge in [-0.3, -0.25) is 4.79 Å². The summed E-state index contributed by atoms with van der Waals surface area (Å²) in [4.78, 5) is 27.1. The highest BCUT2D eigenvalue weighted by molar-refractivity contribution is 6.04. The van der Waals surface area contributed by atoms with Crippen molar-refractivity contribution in [1.29, 1.82) is 0 Å². The van der Waals surface area contributed by atoms with Gasteiger partial charge in [-0.25, -0.2) is 4.79 Å². The number of ketones is 1. The van der Waals surface area contributed by atoms with Crippen molar-refractivity contribution in [3.05, 3.63) is 88.3 Å². The molecule has 1 saturated carbocycles. The summed E-state index contributed by atoms with van der Waals surface area (Å²) in [7, 11) is 1.65. The van der Waals surface area contributed by atoms with E-state index in [0.29, 0.717) is 17.6 Å². The number of Topliss-reactive ketones (excluding diaryl/α,β-unsaturated/α-hetero) is 1. The van der Waals surface area contributed by atoms with Crippen molar-refractivity contribution >= 4 is 11.8 Å². The second kappa shape index (κ2) is 9.49. The number of carbonyl (C=O) groups is 2. The molecule has 1 aliphatic heterocycles. The first-order valence-corrected chi connectivity index (χ1v) is 12.2. The van der Waals surface area contributed by atoms with Crippen LogP contribution in [0, 0.1) is 0 Å². The van der Waals surface area contributed by atoms with Crippen LogP contribution < -0.4 is 10.1 Å². The lowest BCUT2D eigenvalue weighted by atomic mass is 9.72. The number of dihydropyridines is 1. The number of nitrogens with one attached hydrogen (secondary N) is 1. The molecule has 1 N–H and O–H groups in total. The van der Waals surface area contributed by atoms with Crippen LogP contribution in [-0.2, 0) is 14.3 Å². The number of benzene rings is 2. The molecule has 0 saturated heterocycles. The second-order valence-corrected chi connectivity index (χ2v) is 9.51. The van der Waals surface area contributed by atoms with E-state index in [0.717, 1.165) is 60.4 Å². The number of carbonyl (C=O) groups excluding carboxylic acids is 2. The van der Waals surface area contributed by atoms with Crippen molar-refractivity contribution in [2.24, 2.45) is 0 Å². The third-order valence-corrected chi connectivity index (χ3v) is 7.34. The highest BCUT2D eigenvalue weighted by atomic mass is 16.5. The van der Waals surface area contributed by atoms with Crippen molar-refractivity contribution < 1.29 is 19.1 Å². The normalized spacial score (nSPS) is 22.9. The van der Waals surface area contributed by atoms with Crippen molar-refractivity contribution in [3.8, 4) is 5.75 Å². The number of esters is 1. The Bertz CT molecular complexity index is 1140. The van der Waals surface area contributed by atoms with Gasteiger partial charge in [-0.15, -0.1) is 0 Å². The fourth-order valence-electron chi connectivity index (χ4n) is 5.62. The average molecular weight is 458 g/mol. The van der Waals surface area contributed by atoms with E-state index in [1.807, 2.05) is 61.5 Å². The summed E-state index contributed by atoms with van der Waals surface area (Å²) in [6.45, 7) is 1.92. The highest BCUT2D eigenvalue weighted by Crippen LogP contribution is 2.46. The molecule has 2 aromatic rings. The van der Waals surface area contributed by atoms with E-state index in [-0.39, 0.29) is 23.8 Å². The molecule has 5 rings (SSSR count). The Kier molecular flexibility index (Phi) is 6.27. The monoisotopic (exact) mass is 457 g/mol. The predicted octanol–water partition coefficient (Wildman–Crippen LogP) is 5.54. The van der Waals surface area contributed by atoms with Crippen LogP contribution in [0.25, 0.3) is 0 Å². The number of hydrogen-bond donors (Lipinski definition) is 1. The van der Waals surface area contributed by atoms with Crippen LogP contribution in [0.4, 0.5) is 0 Å². The molecule has 0 aromatic heterocycles. The smallest absolute Gasteiger partial charge is 0.337 e. The summed E-state index contributed by atoms with van der Waals surface area (Å²) >= 11 is 0. The van der Waals surface area contributed by atoms with E-state index in [2.05, 4.69) is 5.32 Å². The van der Waals surface area contributed by atoms with Gasteiger partial charge in [-0.1, -0.05) is 42.5 Å². The third-order valence-electron chi connectivity index (χ3n) is 7.34. The van der Waals surface area contributed by atoms with Crippen LogP contribution in [0.2, 0.25) is 0 Å². The number of hydrogen-bond acceptors (Lipinski definition) is 5. The molecule has 0 bridgehead atoms. The van der Waals surface area contributed by atoms with Gasteiger partial charge in [0.25, 0.3) is 0 Å². The Labute approximate surface area is 200 Å². The summed E-state index contributed by atoms with van der Waals surface area (Å²) in [6.07, 6.45) is 5.13. The van der Waals surface area contributed by atoms with Gasteiger partial charge < -0.3 is 14.8 Å². The van der Waals surface area contributed by atoms with Gasteiger partial charge in [0.1, 0.15) is 11.9 Å². The molecular weight excluding hydrogens is 426 g/mol. The zero-order valence-corrected chi connectivity index (χ0v) is 19.8. The lowest BCUT2D eigenvalue weighted by Crippen LogP contribution is -2.36. The fourth-order valence-corrected chi connectivity index (χ4v) is 5.62. The first kappa shape index (κ1) is 22.5. The lowest BCUT2D eigenvalue weighted by Gasteiger charge is -2.37. The molecule has 0 amide bonds. The van der Waals surface area contributed by atoms with Gasteiger partial charge in [0.15, 0.2) is 5.78 Å². The number of allylic oxidation sites excluding steroid dienone is 3. The molecule has 1 heterocycles. The molecule has 2 aliphatic carbocycles. The standard InChI is InChI=1S/C29H31NO4/c1-18-26(29(32)34-23-10-6-7-11-23)27(20-8-4-3-5-9-20)28-24(30-18)16-21(17-25(28)31)19-12-14-22(33-2)15-13-19/h3-5,8-9,12-15,21,23,27,30H,6-7,10-11,16-17H2,1-2H3/t21-,27-/m0/s1. The minimum absolute atomic E-state index is 0.0268.